The molecule has 0 aliphatic heterocycles. The molecular formula is C20H16ClNO4S. The minimum Gasteiger partial charge on any atom is -0.497 e. The minimum absolute atomic E-state index is 0.209. The molecule has 0 unspecified atom stereocenters. The zero-order chi connectivity index (χ0) is 19.4. The Hall–Kier alpha value is -2.83. The molecule has 27 heavy (non-hydrogen) atoms. The van der Waals surface area contributed by atoms with Crippen LogP contribution in [0.25, 0.3) is 12.2 Å². The number of H-pyrrole nitrogens is 1. The number of halogens is 1. The molecule has 0 bridgehead atoms. The average Bonchev–Trinajstić information content (AvgIpc) is 3.00. The van der Waals surface area contributed by atoms with Gasteiger partial charge in [-0.25, -0.2) is 0 Å². The van der Waals surface area contributed by atoms with Crippen LogP contribution < -0.4 is 24.2 Å². The summed E-state index contributed by atoms with van der Waals surface area (Å²) >= 11 is 7.03. The van der Waals surface area contributed by atoms with Crippen molar-refractivity contribution in [1.29, 1.82) is 0 Å². The first kappa shape index (κ1) is 18.9. The van der Waals surface area contributed by atoms with E-state index in [2.05, 4.69) is 4.98 Å². The van der Waals surface area contributed by atoms with Crippen LogP contribution in [0.3, 0.4) is 0 Å². The van der Waals surface area contributed by atoms with E-state index >= 15 is 0 Å². The molecule has 0 atom stereocenters. The number of hydrogen-bond donors (Lipinski definition) is 1. The molecule has 0 fully saturated rings. The van der Waals surface area contributed by atoms with Gasteiger partial charge in [-0.05, 0) is 48.0 Å². The summed E-state index contributed by atoms with van der Waals surface area (Å²) in [5.74, 6) is 1.04. The van der Waals surface area contributed by atoms with E-state index in [-0.39, 0.29) is 11.3 Å². The Morgan fingerprint density at radius 1 is 1.07 bits per heavy atom. The number of methoxy groups -OCH3 is 2. The van der Waals surface area contributed by atoms with Crippen LogP contribution in [0.4, 0.5) is 0 Å². The van der Waals surface area contributed by atoms with Gasteiger partial charge in [0.25, 0.3) is 5.56 Å². The summed E-state index contributed by atoms with van der Waals surface area (Å²) in [4.78, 5) is 27.2. The number of ketones is 1. The van der Waals surface area contributed by atoms with E-state index in [1.807, 2.05) is 0 Å². The number of aromatic nitrogens is 1. The zero-order valence-electron chi connectivity index (χ0n) is 14.6. The van der Waals surface area contributed by atoms with Gasteiger partial charge in [0.15, 0.2) is 5.78 Å². The van der Waals surface area contributed by atoms with Crippen molar-refractivity contribution in [1.82, 2.24) is 4.98 Å². The third-order valence-electron chi connectivity index (χ3n) is 3.74. The molecule has 0 aliphatic carbocycles. The van der Waals surface area contributed by atoms with E-state index in [4.69, 9.17) is 21.1 Å². The Kier molecular flexibility index (Phi) is 5.78. The number of aromatic amines is 1. The second-order valence-electron chi connectivity index (χ2n) is 5.59. The highest BCUT2D eigenvalue weighted by molar-refractivity contribution is 7.07. The van der Waals surface area contributed by atoms with Gasteiger partial charge in [0.2, 0.25) is 0 Å². The summed E-state index contributed by atoms with van der Waals surface area (Å²) in [5.41, 5.74) is 0.989. The first-order valence-electron chi connectivity index (χ1n) is 7.94. The third-order valence-corrected chi connectivity index (χ3v) is 4.96. The van der Waals surface area contributed by atoms with Gasteiger partial charge in [0.05, 0.1) is 23.4 Å². The molecule has 0 saturated heterocycles. The van der Waals surface area contributed by atoms with Gasteiger partial charge in [0.1, 0.15) is 11.5 Å². The topological polar surface area (TPSA) is 68.4 Å². The van der Waals surface area contributed by atoms with Crippen molar-refractivity contribution in [3.05, 3.63) is 78.2 Å². The standard InChI is InChI=1S/C20H16ClNO4S/c1-25-15-7-12(8-16(10-15)26-2)9-18-20(24)22-19(27-18)11-17(23)13-3-5-14(21)6-4-13/h3-11H,1-2H3,(H,22,24)/b18-9-,19-11-. The van der Waals surface area contributed by atoms with Crippen LogP contribution in [0.5, 0.6) is 11.5 Å². The number of hydrogen-bond acceptors (Lipinski definition) is 5. The maximum atomic E-state index is 12.3. The molecule has 1 N–H and O–H groups in total. The lowest BCUT2D eigenvalue weighted by atomic mass is 10.1. The van der Waals surface area contributed by atoms with E-state index in [1.54, 1.807) is 62.8 Å². The molecule has 0 radical (unpaired) electrons. The predicted molar refractivity (Wildman–Crippen MR) is 108 cm³/mol. The molecule has 0 amide bonds. The molecule has 0 spiro atoms. The molecule has 0 aliphatic rings. The van der Waals surface area contributed by atoms with Crippen molar-refractivity contribution in [3.63, 3.8) is 0 Å². The maximum absolute atomic E-state index is 12.3. The smallest absolute Gasteiger partial charge is 0.266 e. The molecule has 0 saturated carbocycles. The van der Waals surface area contributed by atoms with Crippen LogP contribution >= 0.6 is 22.9 Å². The number of benzene rings is 2. The summed E-state index contributed by atoms with van der Waals surface area (Å²) < 4.78 is 11.4. The highest BCUT2D eigenvalue weighted by Gasteiger charge is 2.04. The number of ether oxygens (including phenoxy) is 2. The van der Waals surface area contributed by atoms with Crippen molar-refractivity contribution in [2.24, 2.45) is 0 Å². The number of carbonyl (C=O) groups is 1. The maximum Gasteiger partial charge on any atom is 0.266 e. The highest BCUT2D eigenvalue weighted by atomic mass is 35.5. The Labute approximate surface area is 164 Å². The van der Waals surface area contributed by atoms with Crippen molar-refractivity contribution in [2.45, 2.75) is 0 Å². The van der Waals surface area contributed by atoms with E-state index in [9.17, 15) is 9.59 Å². The molecule has 138 valence electrons. The molecule has 3 aromatic rings. The average molecular weight is 402 g/mol. The lowest BCUT2D eigenvalue weighted by molar-refractivity contribution is 0.106. The summed E-state index contributed by atoms with van der Waals surface area (Å²) in [7, 11) is 3.12. The molecule has 5 nitrogen and oxygen atoms in total. The largest absolute Gasteiger partial charge is 0.497 e. The second-order valence-corrected chi connectivity index (χ2v) is 7.11. The van der Waals surface area contributed by atoms with Gasteiger partial charge < -0.3 is 14.5 Å². The van der Waals surface area contributed by atoms with Crippen LogP contribution in [0.1, 0.15) is 15.9 Å². The summed E-state index contributed by atoms with van der Waals surface area (Å²) in [6.45, 7) is 0. The number of rotatable bonds is 5. The monoisotopic (exact) mass is 401 g/mol. The predicted octanol–water partition coefficient (Wildman–Crippen LogP) is 2.60. The van der Waals surface area contributed by atoms with Crippen molar-refractivity contribution < 1.29 is 14.3 Å². The van der Waals surface area contributed by atoms with Gasteiger partial charge >= 0.3 is 0 Å². The van der Waals surface area contributed by atoms with Crippen molar-refractivity contribution in [3.8, 4) is 11.5 Å². The van der Waals surface area contributed by atoms with Gasteiger partial charge in [-0.15, -0.1) is 11.3 Å². The van der Waals surface area contributed by atoms with Crippen LogP contribution in [-0.4, -0.2) is 25.0 Å². The first-order chi connectivity index (χ1) is 13.0. The van der Waals surface area contributed by atoms with Gasteiger partial charge in [-0.3, -0.25) is 9.59 Å². The lowest BCUT2D eigenvalue weighted by Gasteiger charge is -2.05. The molecule has 1 aromatic heterocycles. The third kappa shape index (κ3) is 4.67. The molecule has 1 heterocycles. The summed E-state index contributed by atoms with van der Waals surface area (Å²) in [6.07, 6.45) is 3.12. The fourth-order valence-corrected chi connectivity index (χ4v) is 3.42. The Morgan fingerprint density at radius 2 is 1.70 bits per heavy atom. The number of Topliss-reactive ketones (excluding diaryl/α,β-unsaturated/α-hetero) is 1. The minimum atomic E-state index is -0.267. The number of carbonyl (C=O) groups excluding carboxylic acids is 1. The molecule has 7 heteroatoms. The normalized spacial score (nSPS) is 12.3. The van der Waals surface area contributed by atoms with Crippen molar-refractivity contribution >= 4 is 40.9 Å². The second kappa shape index (κ2) is 8.24. The van der Waals surface area contributed by atoms with Crippen LogP contribution in [-0.2, 0) is 0 Å². The van der Waals surface area contributed by atoms with Crippen LogP contribution in [0, 0.1) is 0 Å². The SMILES string of the molecule is COc1cc(/C=c2\s/c(=C\C(=O)c3ccc(Cl)cc3)[nH]c2=O)cc(OC)c1. The molecule has 3 rings (SSSR count). The Balaban J connectivity index is 1.99. The molecule has 2 aromatic carbocycles. The fourth-order valence-electron chi connectivity index (χ4n) is 2.41. The lowest BCUT2D eigenvalue weighted by Crippen LogP contribution is -2.20. The van der Waals surface area contributed by atoms with E-state index in [1.165, 1.54) is 17.4 Å². The number of thiazole rings is 1. The fraction of sp³-hybridized carbons (Fsp3) is 0.100. The van der Waals surface area contributed by atoms with E-state index < -0.39 is 0 Å². The zero-order valence-corrected chi connectivity index (χ0v) is 16.2. The van der Waals surface area contributed by atoms with E-state index in [0.717, 1.165) is 5.56 Å². The first-order valence-corrected chi connectivity index (χ1v) is 9.13. The quantitative estimate of drug-likeness (QED) is 0.667. The van der Waals surface area contributed by atoms with Crippen LogP contribution in [0.2, 0.25) is 5.02 Å². The number of nitrogens with one attached hydrogen (secondary N) is 1. The highest BCUT2D eigenvalue weighted by Crippen LogP contribution is 2.22. The van der Waals surface area contributed by atoms with Gasteiger partial charge in [-0.1, -0.05) is 11.6 Å². The van der Waals surface area contributed by atoms with Crippen molar-refractivity contribution in [2.75, 3.05) is 14.2 Å². The van der Waals surface area contributed by atoms with Gasteiger partial charge in [0, 0.05) is 22.7 Å². The molecular weight excluding hydrogens is 386 g/mol. The van der Waals surface area contributed by atoms with Gasteiger partial charge in [-0.2, -0.15) is 0 Å². The summed E-state index contributed by atoms with van der Waals surface area (Å²) in [6, 6.07) is 11.9. The van der Waals surface area contributed by atoms with Crippen LogP contribution in [0.15, 0.2) is 47.3 Å². The summed E-state index contributed by atoms with van der Waals surface area (Å²) in [5, 5.41) is 0.557. The van der Waals surface area contributed by atoms with E-state index in [0.29, 0.717) is 31.3 Å². The Bertz CT molecular complexity index is 1120. The Morgan fingerprint density at radius 3 is 2.30 bits per heavy atom.